The SMILES string of the molecule is CN(CCN)CCN(C)CCNCCC(=O)O. The predicted molar refractivity (Wildman–Crippen MR) is 69.2 cm³/mol. The number of rotatable bonds is 11. The first-order chi connectivity index (χ1) is 8.06. The third-order valence-corrected chi connectivity index (χ3v) is 2.56. The maximum Gasteiger partial charge on any atom is 0.304 e. The summed E-state index contributed by atoms with van der Waals surface area (Å²) in [6.45, 7) is 5.90. The van der Waals surface area contributed by atoms with Crippen LogP contribution in [0.1, 0.15) is 6.42 Å². The van der Waals surface area contributed by atoms with Crippen LogP contribution in [0.15, 0.2) is 0 Å². The zero-order chi connectivity index (χ0) is 13.1. The van der Waals surface area contributed by atoms with Gasteiger partial charge in [0.2, 0.25) is 0 Å². The Kier molecular flexibility index (Phi) is 10.0. The van der Waals surface area contributed by atoms with Gasteiger partial charge >= 0.3 is 5.97 Å². The fourth-order valence-corrected chi connectivity index (χ4v) is 1.38. The number of likely N-dealkylation sites (N-methyl/N-ethyl adjacent to an activating group) is 2. The zero-order valence-corrected chi connectivity index (χ0v) is 11.0. The molecule has 0 aliphatic carbocycles. The van der Waals surface area contributed by atoms with Crippen molar-refractivity contribution in [1.82, 2.24) is 15.1 Å². The summed E-state index contributed by atoms with van der Waals surface area (Å²) < 4.78 is 0. The van der Waals surface area contributed by atoms with E-state index in [0.29, 0.717) is 13.1 Å². The smallest absolute Gasteiger partial charge is 0.304 e. The van der Waals surface area contributed by atoms with Crippen molar-refractivity contribution in [1.29, 1.82) is 0 Å². The molecule has 0 spiro atoms. The average molecular weight is 246 g/mol. The van der Waals surface area contributed by atoms with Crippen LogP contribution in [0.4, 0.5) is 0 Å². The Morgan fingerprint density at radius 3 is 2.24 bits per heavy atom. The maximum absolute atomic E-state index is 10.3. The number of carboxylic acids is 1. The number of hydrogen-bond acceptors (Lipinski definition) is 5. The first-order valence-electron chi connectivity index (χ1n) is 6.06. The normalized spacial score (nSPS) is 11.4. The molecule has 0 rings (SSSR count). The van der Waals surface area contributed by atoms with Crippen molar-refractivity contribution in [3.8, 4) is 0 Å². The standard InChI is InChI=1S/C11H26N4O2/c1-14(7-4-12)9-10-15(2)8-6-13-5-3-11(16)17/h13H,3-10,12H2,1-2H3,(H,16,17). The van der Waals surface area contributed by atoms with Gasteiger partial charge in [0.25, 0.3) is 0 Å². The second-order valence-corrected chi connectivity index (χ2v) is 4.29. The molecule has 0 aliphatic heterocycles. The van der Waals surface area contributed by atoms with E-state index in [4.69, 9.17) is 10.8 Å². The summed E-state index contributed by atoms with van der Waals surface area (Å²) in [6, 6.07) is 0. The van der Waals surface area contributed by atoms with Gasteiger partial charge in [-0.3, -0.25) is 4.79 Å². The van der Waals surface area contributed by atoms with Crippen molar-refractivity contribution in [3.05, 3.63) is 0 Å². The van der Waals surface area contributed by atoms with Crippen molar-refractivity contribution in [2.45, 2.75) is 6.42 Å². The van der Waals surface area contributed by atoms with Crippen molar-refractivity contribution in [3.63, 3.8) is 0 Å². The highest BCUT2D eigenvalue weighted by Crippen LogP contribution is 1.85. The van der Waals surface area contributed by atoms with Crippen LogP contribution in [0, 0.1) is 0 Å². The van der Waals surface area contributed by atoms with Gasteiger partial charge < -0.3 is 26.0 Å². The quantitative estimate of drug-likeness (QED) is 0.400. The van der Waals surface area contributed by atoms with Gasteiger partial charge in [-0.15, -0.1) is 0 Å². The lowest BCUT2D eigenvalue weighted by Crippen LogP contribution is -2.36. The van der Waals surface area contributed by atoms with Crippen LogP contribution in [0.25, 0.3) is 0 Å². The molecule has 0 fully saturated rings. The van der Waals surface area contributed by atoms with Crippen LogP contribution in [0.3, 0.4) is 0 Å². The van der Waals surface area contributed by atoms with Crippen LogP contribution >= 0.6 is 0 Å². The highest BCUT2D eigenvalue weighted by molar-refractivity contribution is 5.66. The van der Waals surface area contributed by atoms with E-state index in [1.165, 1.54) is 0 Å². The fourth-order valence-electron chi connectivity index (χ4n) is 1.38. The predicted octanol–water partition coefficient (Wildman–Crippen LogP) is -1.13. The fraction of sp³-hybridized carbons (Fsp3) is 0.909. The van der Waals surface area contributed by atoms with Gasteiger partial charge in [-0.1, -0.05) is 0 Å². The minimum Gasteiger partial charge on any atom is -0.481 e. The van der Waals surface area contributed by atoms with Gasteiger partial charge in [-0.2, -0.15) is 0 Å². The van der Waals surface area contributed by atoms with E-state index in [9.17, 15) is 4.79 Å². The van der Waals surface area contributed by atoms with Gasteiger partial charge in [0.05, 0.1) is 6.42 Å². The first kappa shape index (κ1) is 16.3. The van der Waals surface area contributed by atoms with E-state index < -0.39 is 5.97 Å². The Bertz CT molecular complexity index is 202. The number of nitrogens with two attached hydrogens (primary N) is 1. The number of nitrogens with zero attached hydrogens (tertiary/aromatic N) is 2. The Morgan fingerprint density at radius 2 is 1.71 bits per heavy atom. The summed E-state index contributed by atoms with van der Waals surface area (Å²) in [7, 11) is 4.13. The third-order valence-electron chi connectivity index (χ3n) is 2.56. The molecule has 17 heavy (non-hydrogen) atoms. The van der Waals surface area contributed by atoms with Gasteiger partial charge in [0.15, 0.2) is 0 Å². The van der Waals surface area contributed by atoms with Crippen LogP contribution in [-0.2, 0) is 4.79 Å². The highest BCUT2D eigenvalue weighted by Gasteiger charge is 2.01. The lowest BCUT2D eigenvalue weighted by Gasteiger charge is -2.21. The van der Waals surface area contributed by atoms with E-state index in [0.717, 1.165) is 32.7 Å². The molecule has 4 N–H and O–H groups in total. The molecule has 0 aromatic heterocycles. The summed E-state index contributed by atoms with van der Waals surface area (Å²) >= 11 is 0. The molecule has 0 amide bonds. The van der Waals surface area contributed by atoms with E-state index in [-0.39, 0.29) is 6.42 Å². The highest BCUT2D eigenvalue weighted by atomic mass is 16.4. The second-order valence-electron chi connectivity index (χ2n) is 4.29. The largest absolute Gasteiger partial charge is 0.481 e. The number of carbonyl (C=O) groups is 1. The average Bonchev–Trinajstić information content (AvgIpc) is 2.26. The molecule has 0 heterocycles. The summed E-state index contributed by atoms with van der Waals surface area (Å²) in [5.41, 5.74) is 5.46. The van der Waals surface area contributed by atoms with Crippen LogP contribution in [-0.4, -0.2) is 80.8 Å². The van der Waals surface area contributed by atoms with Gasteiger partial charge in [0, 0.05) is 45.8 Å². The summed E-state index contributed by atoms with van der Waals surface area (Å²) in [5.74, 6) is -0.755. The molecule has 0 aromatic rings. The summed E-state index contributed by atoms with van der Waals surface area (Å²) in [5, 5.41) is 11.6. The summed E-state index contributed by atoms with van der Waals surface area (Å²) in [6.07, 6.45) is 0.183. The molecule has 0 atom stereocenters. The van der Waals surface area contributed by atoms with Crippen molar-refractivity contribution >= 4 is 5.97 Å². The zero-order valence-electron chi connectivity index (χ0n) is 11.0. The molecule has 0 unspecified atom stereocenters. The Balaban J connectivity index is 3.34. The maximum atomic E-state index is 10.3. The topological polar surface area (TPSA) is 81.8 Å². The van der Waals surface area contributed by atoms with Crippen LogP contribution in [0.2, 0.25) is 0 Å². The lowest BCUT2D eigenvalue weighted by molar-refractivity contribution is -0.136. The molecule has 0 aromatic carbocycles. The molecule has 0 bridgehead atoms. The number of nitrogens with one attached hydrogen (secondary N) is 1. The van der Waals surface area contributed by atoms with E-state index in [1.807, 2.05) is 0 Å². The first-order valence-corrected chi connectivity index (χ1v) is 6.06. The van der Waals surface area contributed by atoms with E-state index in [1.54, 1.807) is 0 Å². The lowest BCUT2D eigenvalue weighted by atomic mass is 10.4. The van der Waals surface area contributed by atoms with Crippen molar-refractivity contribution in [2.75, 3.05) is 59.9 Å². The van der Waals surface area contributed by atoms with E-state index in [2.05, 4.69) is 29.2 Å². The van der Waals surface area contributed by atoms with Gasteiger partial charge in [-0.25, -0.2) is 0 Å². The molecule has 6 heteroatoms. The minimum atomic E-state index is -0.755. The number of carboxylic acid groups (broad SMARTS) is 1. The van der Waals surface area contributed by atoms with Crippen molar-refractivity contribution in [2.24, 2.45) is 5.73 Å². The number of hydrogen-bond donors (Lipinski definition) is 3. The van der Waals surface area contributed by atoms with Crippen LogP contribution in [0.5, 0.6) is 0 Å². The molecule has 0 saturated carbocycles. The monoisotopic (exact) mass is 246 g/mol. The van der Waals surface area contributed by atoms with Gasteiger partial charge in [-0.05, 0) is 14.1 Å². The molecule has 6 nitrogen and oxygen atoms in total. The van der Waals surface area contributed by atoms with E-state index >= 15 is 0 Å². The van der Waals surface area contributed by atoms with Crippen LogP contribution < -0.4 is 11.1 Å². The minimum absolute atomic E-state index is 0.183. The van der Waals surface area contributed by atoms with Crippen molar-refractivity contribution < 1.29 is 9.90 Å². The molecule has 102 valence electrons. The molecule has 0 aliphatic rings. The molecule has 0 saturated heterocycles. The number of aliphatic carboxylic acids is 1. The molecule has 0 radical (unpaired) electrons. The Labute approximate surface area is 104 Å². The summed E-state index contributed by atoms with van der Waals surface area (Å²) in [4.78, 5) is 14.7. The second kappa shape index (κ2) is 10.5. The Hall–Kier alpha value is -0.690. The van der Waals surface area contributed by atoms with Gasteiger partial charge in [0.1, 0.15) is 0 Å². The Morgan fingerprint density at radius 1 is 1.12 bits per heavy atom. The molecular weight excluding hydrogens is 220 g/mol. The third kappa shape index (κ3) is 11.6. The molecular formula is C11H26N4O2.